The summed E-state index contributed by atoms with van der Waals surface area (Å²) in [5.74, 6) is -2.70. The Morgan fingerprint density at radius 3 is 2.46 bits per heavy atom. The standard InChI is InChI=1S/C37H47F3N6O3Si/c1-22-20-46(21-29(45-35(47)48-36(2,3)4)34(22)49-50(8,9)37(5,6)7)30-14-16-41-19-28(30)43-18-23-12-13-25(38)33(44-23)31-26(39)17-27-24(32(31)40)11-10-15-42-27/h10-17,19,22,29,34,43H,18,20-21H2,1-9H3,(H,45,47)/t22-,29+,34?/m0/s1. The van der Waals surface area contributed by atoms with Gasteiger partial charge in [0.1, 0.15) is 28.7 Å². The number of rotatable bonds is 8. The lowest BCUT2D eigenvalue weighted by Crippen LogP contribution is -2.62. The van der Waals surface area contributed by atoms with Crippen LogP contribution in [0.4, 0.5) is 29.3 Å². The van der Waals surface area contributed by atoms with E-state index in [-0.39, 0.29) is 40.5 Å². The number of pyridine rings is 3. The number of ether oxygens (including phenoxy) is 1. The molecule has 0 spiro atoms. The number of halogens is 3. The molecule has 9 nitrogen and oxygen atoms in total. The van der Waals surface area contributed by atoms with E-state index in [0.29, 0.717) is 24.5 Å². The van der Waals surface area contributed by atoms with E-state index in [1.807, 2.05) is 26.8 Å². The second-order valence-electron chi connectivity index (χ2n) is 15.5. The lowest BCUT2D eigenvalue weighted by molar-refractivity contribution is 0.0336. The van der Waals surface area contributed by atoms with E-state index in [1.165, 1.54) is 24.4 Å². The van der Waals surface area contributed by atoms with Gasteiger partial charge in [-0.15, -0.1) is 0 Å². The van der Waals surface area contributed by atoms with Crippen molar-refractivity contribution in [3.05, 3.63) is 78.1 Å². The van der Waals surface area contributed by atoms with E-state index in [4.69, 9.17) is 9.16 Å². The molecule has 0 bridgehead atoms. The zero-order chi connectivity index (χ0) is 36.6. The first-order chi connectivity index (χ1) is 23.3. The largest absolute Gasteiger partial charge is 0.444 e. The van der Waals surface area contributed by atoms with E-state index in [1.54, 1.807) is 12.4 Å². The van der Waals surface area contributed by atoms with E-state index in [0.717, 1.165) is 17.8 Å². The Hall–Kier alpha value is -4.23. The second-order valence-corrected chi connectivity index (χ2v) is 20.2. The molecule has 5 rings (SSSR count). The number of piperidine rings is 1. The summed E-state index contributed by atoms with van der Waals surface area (Å²) in [6.45, 7) is 19.8. The summed E-state index contributed by atoms with van der Waals surface area (Å²) < 4.78 is 58.2. The average molecular weight is 709 g/mol. The number of anilines is 2. The Morgan fingerprint density at radius 1 is 1.02 bits per heavy atom. The number of nitrogens with zero attached hydrogens (tertiary/aromatic N) is 4. The van der Waals surface area contributed by atoms with Crippen LogP contribution >= 0.6 is 0 Å². The van der Waals surface area contributed by atoms with E-state index < -0.39 is 48.7 Å². The number of hydrogen-bond donors (Lipinski definition) is 2. The summed E-state index contributed by atoms with van der Waals surface area (Å²) >= 11 is 0. The van der Waals surface area contributed by atoms with Crippen molar-refractivity contribution in [2.24, 2.45) is 5.92 Å². The van der Waals surface area contributed by atoms with Gasteiger partial charge in [0.15, 0.2) is 8.32 Å². The van der Waals surface area contributed by atoms with Crippen LogP contribution in [-0.2, 0) is 15.7 Å². The number of aromatic nitrogens is 3. The minimum absolute atomic E-state index is 0.0280. The number of alkyl carbamates (subject to hydrolysis) is 1. The summed E-state index contributed by atoms with van der Waals surface area (Å²) in [4.78, 5) is 27.9. The third-order valence-corrected chi connectivity index (χ3v) is 13.8. The molecule has 13 heteroatoms. The predicted molar refractivity (Wildman–Crippen MR) is 193 cm³/mol. The topological polar surface area (TPSA) is 102 Å². The maximum atomic E-state index is 15.5. The third kappa shape index (κ3) is 8.21. The molecule has 1 fully saturated rings. The van der Waals surface area contributed by atoms with Gasteiger partial charge in [0.05, 0.1) is 53.0 Å². The van der Waals surface area contributed by atoms with Crippen LogP contribution in [0, 0.1) is 23.4 Å². The number of amides is 1. The van der Waals surface area contributed by atoms with Crippen LogP contribution in [0.1, 0.15) is 54.2 Å². The van der Waals surface area contributed by atoms with E-state index in [2.05, 4.69) is 71.3 Å². The van der Waals surface area contributed by atoms with Gasteiger partial charge < -0.3 is 24.7 Å². The van der Waals surface area contributed by atoms with Gasteiger partial charge in [-0.05, 0) is 69.2 Å². The Balaban J connectivity index is 1.40. The molecule has 0 saturated carbocycles. The van der Waals surface area contributed by atoms with Crippen LogP contribution in [0.2, 0.25) is 18.1 Å². The number of carbonyl (C=O) groups excluding carboxylic acids is 1. The summed E-state index contributed by atoms with van der Waals surface area (Å²) in [5.41, 5.74) is 0.343. The van der Waals surface area contributed by atoms with Gasteiger partial charge in [-0.1, -0.05) is 27.7 Å². The molecule has 1 amide bonds. The highest BCUT2D eigenvalue weighted by atomic mass is 28.4. The first-order valence-corrected chi connectivity index (χ1v) is 19.7. The SMILES string of the molecule is C[C@H]1CN(c2ccncc2NCc2ccc(F)c(-c3c(F)cc4ncccc4c3F)n2)C[C@@H](NC(=O)OC(C)(C)C)C1O[Si](C)(C)C(C)(C)C. The van der Waals surface area contributed by atoms with Crippen molar-refractivity contribution < 1.29 is 27.1 Å². The smallest absolute Gasteiger partial charge is 0.408 e. The van der Waals surface area contributed by atoms with Gasteiger partial charge in [-0.2, -0.15) is 0 Å². The molecule has 50 heavy (non-hydrogen) atoms. The van der Waals surface area contributed by atoms with Crippen molar-refractivity contribution in [3.8, 4) is 11.3 Å². The minimum Gasteiger partial charge on any atom is -0.444 e. The summed E-state index contributed by atoms with van der Waals surface area (Å²) in [6, 6.07) is 8.19. The molecule has 1 unspecified atom stereocenters. The number of nitrogens with one attached hydrogen (secondary N) is 2. The van der Waals surface area contributed by atoms with Crippen molar-refractivity contribution in [1.82, 2.24) is 20.3 Å². The zero-order valence-corrected chi connectivity index (χ0v) is 31.2. The highest BCUT2D eigenvalue weighted by molar-refractivity contribution is 6.74. The van der Waals surface area contributed by atoms with Gasteiger partial charge in [-0.25, -0.2) is 22.9 Å². The lowest BCUT2D eigenvalue weighted by atomic mass is 9.92. The number of hydrogen-bond acceptors (Lipinski definition) is 8. The number of carbonyl (C=O) groups is 1. The molecule has 4 heterocycles. The summed E-state index contributed by atoms with van der Waals surface area (Å²) in [7, 11) is -2.21. The summed E-state index contributed by atoms with van der Waals surface area (Å²) in [6.07, 6.45) is 4.04. The van der Waals surface area contributed by atoms with Crippen molar-refractivity contribution in [3.63, 3.8) is 0 Å². The Morgan fingerprint density at radius 2 is 1.76 bits per heavy atom. The highest BCUT2D eigenvalue weighted by Crippen LogP contribution is 2.40. The molecule has 3 aromatic heterocycles. The molecular formula is C37H47F3N6O3Si. The Kier molecular flexibility index (Phi) is 10.5. The Bertz CT molecular complexity index is 1860. The van der Waals surface area contributed by atoms with Crippen LogP contribution in [0.5, 0.6) is 0 Å². The second kappa shape index (κ2) is 14.2. The number of benzene rings is 1. The molecule has 3 atom stereocenters. The van der Waals surface area contributed by atoms with E-state index >= 15 is 13.2 Å². The predicted octanol–water partition coefficient (Wildman–Crippen LogP) is 8.46. The zero-order valence-electron chi connectivity index (χ0n) is 30.2. The van der Waals surface area contributed by atoms with Gasteiger partial charge in [0, 0.05) is 42.9 Å². The van der Waals surface area contributed by atoms with Gasteiger partial charge >= 0.3 is 6.09 Å². The molecular weight excluding hydrogens is 662 g/mol. The first-order valence-electron chi connectivity index (χ1n) is 16.8. The van der Waals surface area contributed by atoms with Gasteiger partial charge in [0.25, 0.3) is 0 Å². The first kappa shape index (κ1) is 37.0. The van der Waals surface area contributed by atoms with Crippen molar-refractivity contribution in [2.45, 2.75) is 90.9 Å². The van der Waals surface area contributed by atoms with Crippen LogP contribution in [-0.4, -0.2) is 60.2 Å². The van der Waals surface area contributed by atoms with Crippen LogP contribution < -0.4 is 15.5 Å². The highest BCUT2D eigenvalue weighted by Gasteiger charge is 2.45. The maximum Gasteiger partial charge on any atom is 0.408 e. The van der Waals surface area contributed by atoms with Gasteiger partial charge in [-0.3, -0.25) is 9.97 Å². The fourth-order valence-electron chi connectivity index (χ4n) is 5.87. The van der Waals surface area contributed by atoms with Crippen LogP contribution in [0.3, 0.4) is 0 Å². The molecule has 2 N–H and O–H groups in total. The molecule has 1 aromatic carbocycles. The molecule has 1 aliphatic rings. The summed E-state index contributed by atoms with van der Waals surface area (Å²) in [5, 5.41) is 6.48. The monoisotopic (exact) mass is 708 g/mol. The maximum absolute atomic E-state index is 15.5. The molecule has 1 aliphatic heterocycles. The molecule has 4 aromatic rings. The van der Waals surface area contributed by atoms with Gasteiger partial charge in [0.2, 0.25) is 0 Å². The normalized spacial score (nSPS) is 18.6. The molecule has 0 aliphatic carbocycles. The van der Waals surface area contributed by atoms with E-state index in [9.17, 15) is 4.79 Å². The molecule has 1 saturated heterocycles. The lowest BCUT2D eigenvalue weighted by Gasteiger charge is -2.48. The third-order valence-electron chi connectivity index (χ3n) is 9.36. The minimum atomic E-state index is -2.21. The van der Waals surface area contributed by atoms with Crippen LogP contribution in [0.15, 0.2) is 55.0 Å². The Labute approximate surface area is 293 Å². The van der Waals surface area contributed by atoms with Crippen molar-refractivity contribution in [1.29, 1.82) is 0 Å². The molecule has 268 valence electrons. The fourth-order valence-corrected chi connectivity index (χ4v) is 7.30. The fraction of sp³-hybridized carbons (Fsp3) is 0.459. The number of fused-ring (bicyclic) bond motifs is 1. The van der Waals surface area contributed by atoms with Crippen molar-refractivity contribution >= 4 is 36.7 Å². The van der Waals surface area contributed by atoms with Crippen molar-refractivity contribution in [2.75, 3.05) is 23.3 Å². The molecule has 0 radical (unpaired) electrons. The van der Waals surface area contributed by atoms with Crippen LogP contribution in [0.25, 0.3) is 22.2 Å². The average Bonchev–Trinajstić information content (AvgIpc) is 3.01. The quantitative estimate of drug-likeness (QED) is 0.176.